The van der Waals surface area contributed by atoms with Gasteiger partial charge in [-0.2, -0.15) is 5.10 Å². The number of hydrogen-bond acceptors (Lipinski definition) is 2. The van der Waals surface area contributed by atoms with Crippen LogP contribution in [0, 0.1) is 5.92 Å². The van der Waals surface area contributed by atoms with Gasteiger partial charge in [0.15, 0.2) is 0 Å². The monoisotopic (exact) mass is 283 g/mol. The van der Waals surface area contributed by atoms with Crippen molar-refractivity contribution in [1.29, 1.82) is 0 Å². The first-order chi connectivity index (χ1) is 10.3. The first-order valence-electron chi connectivity index (χ1n) is 8.07. The third-order valence-electron chi connectivity index (χ3n) is 5.22. The lowest BCUT2D eigenvalue weighted by atomic mass is 9.78. The van der Waals surface area contributed by atoms with E-state index in [0.29, 0.717) is 6.04 Å². The summed E-state index contributed by atoms with van der Waals surface area (Å²) in [6.45, 7) is 0.911. The Labute approximate surface area is 124 Å². The Bertz CT molecular complexity index is 661. The highest BCUT2D eigenvalue weighted by molar-refractivity contribution is 6.06. The number of fused-ring (bicyclic) bond motifs is 2. The fraction of sp³-hybridized carbons (Fsp3) is 0.529. The second kappa shape index (κ2) is 5.17. The number of carbonyl (C=O) groups excluding carboxylic acids is 1. The number of carbonyl (C=O) groups is 1. The molecule has 0 bridgehead atoms. The van der Waals surface area contributed by atoms with Crippen LogP contribution in [-0.2, 0) is 0 Å². The van der Waals surface area contributed by atoms with Crippen molar-refractivity contribution in [3.05, 3.63) is 30.0 Å². The van der Waals surface area contributed by atoms with Crippen LogP contribution in [0.4, 0.5) is 0 Å². The molecule has 2 fully saturated rings. The maximum absolute atomic E-state index is 13.1. The Morgan fingerprint density at radius 3 is 3.00 bits per heavy atom. The fourth-order valence-corrected chi connectivity index (χ4v) is 4.19. The van der Waals surface area contributed by atoms with Gasteiger partial charge >= 0.3 is 0 Å². The van der Waals surface area contributed by atoms with Gasteiger partial charge in [-0.15, -0.1) is 0 Å². The van der Waals surface area contributed by atoms with Crippen LogP contribution >= 0.6 is 0 Å². The minimum atomic E-state index is 0.193. The van der Waals surface area contributed by atoms with Gasteiger partial charge in [0, 0.05) is 18.0 Å². The maximum Gasteiger partial charge on any atom is 0.254 e. The van der Waals surface area contributed by atoms with Gasteiger partial charge in [0.05, 0.1) is 17.3 Å². The number of benzene rings is 1. The van der Waals surface area contributed by atoms with Gasteiger partial charge in [0.2, 0.25) is 0 Å². The van der Waals surface area contributed by atoms with Crippen molar-refractivity contribution in [3.63, 3.8) is 0 Å². The van der Waals surface area contributed by atoms with E-state index in [9.17, 15) is 4.79 Å². The van der Waals surface area contributed by atoms with Gasteiger partial charge in [-0.1, -0.05) is 18.9 Å². The van der Waals surface area contributed by atoms with Crippen LogP contribution < -0.4 is 0 Å². The Balaban J connectivity index is 1.68. The first kappa shape index (κ1) is 12.9. The molecule has 2 aromatic rings. The van der Waals surface area contributed by atoms with Crippen molar-refractivity contribution >= 4 is 16.8 Å². The Morgan fingerprint density at radius 1 is 1.19 bits per heavy atom. The van der Waals surface area contributed by atoms with E-state index < -0.39 is 0 Å². The minimum Gasteiger partial charge on any atom is -0.335 e. The van der Waals surface area contributed by atoms with Crippen LogP contribution in [0.15, 0.2) is 24.4 Å². The molecular formula is C17H21N3O. The minimum absolute atomic E-state index is 0.193. The van der Waals surface area contributed by atoms with E-state index in [0.717, 1.165) is 35.3 Å². The normalized spacial score (nSPS) is 25.8. The second-order valence-electron chi connectivity index (χ2n) is 6.39. The van der Waals surface area contributed by atoms with Crippen molar-refractivity contribution < 1.29 is 4.79 Å². The summed E-state index contributed by atoms with van der Waals surface area (Å²) in [6, 6.07) is 6.31. The summed E-state index contributed by atoms with van der Waals surface area (Å²) < 4.78 is 0. The molecule has 2 heterocycles. The lowest BCUT2D eigenvalue weighted by molar-refractivity contribution is 0.0392. The van der Waals surface area contributed by atoms with E-state index in [4.69, 9.17) is 0 Å². The Hall–Kier alpha value is -1.84. The van der Waals surface area contributed by atoms with E-state index in [1.54, 1.807) is 6.20 Å². The quantitative estimate of drug-likeness (QED) is 0.872. The Kier molecular flexibility index (Phi) is 3.17. The highest BCUT2D eigenvalue weighted by Gasteiger charge is 2.36. The van der Waals surface area contributed by atoms with Crippen LogP contribution in [0.2, 0.25) is 0 Å². The predicted octanol–water partition coefficient (Wildman–Crippen LogP) is 3.36. The maximum atomic E-state index is 13.1. The number of nitrogens with zero attached hydrogens (tertiary/aromatic N) is 2. The van der Waals surface area contributed by atoms with E-state index in [1.165, 1.54) is 32.1 Å². The van der Waals surface area contributed by atoms with Gasteiger partial charge in [0.1, 0.15) is 0 Å². The number of H-pyrrole nitrogens is 1. The number of aromatic amines is 1. The molecule has 2 aliphatic rings. The number of piperidine rings is 1. The summed E-state index contributed by atoms with van der Waals surface area (Å²) in [5.41, 5.74) is 1.74. The van der Waals surface area contributed by atoms with Crippen molar-refractivity contribution in [2.75, 3.05) is 6.54 Å². The molecule has 110 valence electrons. The van der Waals surface area contributed by atoms with Gasteiger partial charge in [-0.05, 0) is 43.7 Å². The summed E-state index contributed by atoms with van der Waals surface area (Å²) >= 11 is 0. The van der Waals surface area contributed by atoms with Crippen molar-refractivity contribution in [2.24, 2.45) is 5.92 Å². The van der Waals surface area contributed by atoms with Crippen molar-refractivity contribution in [2.45, 2.75) is 44.6 Å². The zero-order valence-electron chi connectivity index (χ0n) is 12.2. The lowest BCUT2D eigenvalue weighted by Crippen LogP contribution is -2.49. The van der Waals surface area contributed by atoms with Crippen LogP contribution in [0.25, 0.3) is 10.9 Å². The summed E-state index contributed by atoms with van der Waals surface area (Å²) in [4.78, 5) is 15.2. The summed E-state index contributed by atoms with van der Waals surface area (Å²) in [5.74, 6) is 0.915. The van der Waals surface area contributed by atoms with Gasteiger partial charge in [-0.3, -0.25) is 9.89 Å². The van der Waals surface area contributed by atoms with Crippen LogP contribution in [-0.4, -0.2) is 33.6 Å². The summed E-state index contributed by atoms with van der Waals surface area (Å²) in [5, 5.41) is 7.97. The van der Waals surface area contributed by atoms with E-state index in [1.807, 2.05) is 18.2 Å². The molecule has 1 aliphatic heterocycles. The molecule has 1 amide bonds. The predicted molar refractivity (Wildman–Crippen MR) is 82.1 cm³/mol. The average Bonchev–Trinajstić information content (AvgIpc) is 3.02. The Morgan fingerprint density at radius 2 is 2.05 bits per heavy atom. The molecule has 21 heavy (non-hydrogen) atoms. The molecular weight excluding hydrogens is 262 g/mol. The molecule has 1 saturated heterocycles. The number of aromatic nitrogens is 2. The van der Waals surface area contributed by atoms with Crippen LogP contribution in [0.1, 0.15) is 48.9 Å². The highest BCUT2D eigenvalue weighted by atomic mass is 16.2. The highest BCUT2D eigenvalue weighted by Crippen LogP contribution is 2.36. The van der Waals surface area contributed by atoms with Gasteiger partial charge in [-0.25, -0.2) is 0 Å². The SMILES string of the molecule is O=C(c1cccc2[nH]ncc12)N1CCCC2CCCCC21. The molecule has 0 spiro atoms. The number of hydrogen-bond donors (Lipinski definition) is 1. The molecule has 1 saturated carbocycles. The zero-order valence-corrected chi connectivity index (χ0v) is 12.2. The topological polar surface area (TPSA) is 49.0 Å². The standard InChI is InChI=1S/C17H21N3O/c21-17(13-7-3-8-15-14(13)11-18-19-15)20-10-4-6-12-5-1-2-9-16(12)20/h3,7-8,11-12,16H,1-2,4-6,9-10H2,(H,18,19). The van der Waals surface area contributed by atoms with Gasteiger partial charge < -0.3 is 4.90 Å². The number of likely N-dealkylation sites (tertiary alicyclic amines) is 1. The number of rotatable bonds is 1. The van der Waals surface area contributed by atoms with E-state index >= 15 is 0 Å². The molecule has 4 nitrogen and oxygen atoms in total. The third-order valence-corrected chi connectivity index (χ3v) is 5.22. The third kappa shape index (κ3) is 2.13. The molecule has 4 rings (SSSR count). The van der Waals surface area contributed by atoms with Gasteiger partial charge in [0.25, 0.3) is 5.91 Å². The molecule has 4 heteroatoms. The molecule has 1 N–H and O–H groups in total. The zero-order chi connectivity index (χ0) is 14.2. The van der Waals surface area contributed by atoms with Crippen LogP contribution in [0.5, 0.6) is 0 Å². The fourth-order valence-electron chi connectivity index (χ4n) is 4.19. The van der Waals surface area contributed by atoms with Crippen molar-refractivity contribution in [3.8, 4) is 0 Å². The second-order valence-corrected chi connectivity index (χ2v) is 6.39. The largest absolute Gasteiger partial charge is 0.335 e. The molecule has 1 aromatic carbocycles. The summed E-state index contributed by atoms with van der Waals surface area (Å²) in [7, 11) is 0. The molecule has 2 atom stereocenters. The van der Waals surface area contributed by atoms with E-state index in [2.05, 4.69) is 15.1 Å². The number of amides is 1. The van der Waals surface area contributed by atoms with Crippen molar-refractivity contribution in [1.82, 2.24) is 15.1 Å². The first-order valence-corrected chi connectivity index (χ1v) is 8.07. The molecule has 1 aromatic heterocycles. The smallest absolute Gasteiger partial charge is 0.254 e. The lowest BCUT2D eigenvalue weighted by Gasteiger charge is -2.44. The summed E-state index contributed by atoms with van der Waals surface area (Å²) in [6.07, 6.45) is 9.28. The molecule has 1 aliphatic carbocycles. The number of nitrogens with one attached hydrogen (secondary N) is 1. The molecule has 2 unspecified atom stereocenters. The average molecular weight is 283 g/mol. The van der Waals surface area contributed by atoms with Crippen LogP contribution in [0.3, 0.4) is 0 Å². The van der Waals surface area contributed by atoms with E-state index in [-0.39, 0.29) is 5.91 Å². The molecule has 0 radical (unpaired) electrons.